The summed E-state index contributed by atoms with van der Waals surface area (Å²) in [6, 6.07) is 5.44. The van der Waals surface area contributed by atoms with Crippen molar-refractivity contribution < 1.29 is 14.6 Å². The Morgan fingerprint density at radius 1 is 1.52 bits per heavy atom. The monoisotopic (exact) mass is 350 g/mol. The molecule has 0 saturated carbocycles. The number of carboxylic acids is 1. The predicted octanol–water partition coefficient (Wildman–Crippen LogP) is 3.34. The van der Waals surface area contributed by atoms with Gasteiger partial charge in [-0.05, 0) is 36.8 Å². The van der Waals surface area contributed by atoms with E-state index in [-0.39, 0.29) is 0 Å². The van der Waals surface area contributed by atoms with Crippen molar-refractivity contribution in [3.63, 3.8) is 0 Å². The number of rotatable bonds is 6. The molecule has 0 unspecified atom stereocenters. The minimum Gasteiger partial charge on any atom is -0.489 e. The summed E-state index contributed by atoms with van der Waals surface area (Å²) in [5, 5.41) is 12.9. The minimum atomic E-state index is -0.986. The van der Waals surface area contributed by atoms with E-state index in [0.717, 1.165) is 28.2 Å². The van der Waals surface area contributed by atoms with Gasteiger partial charge >= 0.3 is 5.97 Å². The van der Waals surface area contributed by atoms with E-state index in [1.54, 1.807) is 12.3 Å². The molecule has 6 heteroatoms. The fraction of sp³-hybridized carbons (Fsp3) is 0.200. The zero-order valence-electron chi connectivity index (χ0n) is 11.5. The first-order valence-corrected chi connectivity index (χ1v) is 7.22. The first-order chi connectivity index (χ1) is 10.1. The molecular weight excluding hydrogens is 336 g/mol. The molecule has 0 saturated heterocycles. The number of carbonyl (C=O) groups is 1. The maximum absolute atomic E-state index is 10.6. The van der Waals surface area contributed by atoms with Gasteiger partial charge in [0.2, 0.25) is 0 Å². The fourth-order valence-corrected chi connectivity index (χ4v) is 2.10. The molecule has 5 nitrogen and oxygen atoms in total. The zero-order valence-corrected chi connectivity index (χ0v) is 13.1. The second-order valence-electron chi connectivity index (χ2n) is 4.35. The number of carboxylic acid groups (broad SMARTS) is 1. The van der Waals surface area contributed by atoms with Crippen LogP contribution in [0.2, 0.25) is 0 Å². The van der Waals surface area contributed by atoms with Crippen LogP contribution < -0.4 is 4.74 Å². The van der Waals surface area contributed by atoms with Crippen molar-refractivity contribution in [1.29, 1.82) is 0 Å². The summed E-state index contributed by atoms with van der Waals surface area (Å²) in [6.45, 7) is 3.26. The lowest BCUT2D eigenvalue weighted by Gasteiger charge is -2.07. The van der Waals surface area contributed by atoms with E-state index in [1.807, 2.05) is 29.9 Å². The van der Waals surface area contributed by atoms with E-state index in [1.165, 1.54) is 6.08 Å². The molecule has 2 aromatic rings. The Balaban J connectivity index is 2.06. The molecule has 0 bridgehead atoms. The van der Waals surface area contributed by atoms with Gasteiger partial charge in [-0.25, -0.2) is 4.79 Å². The first kappa shape index (κ1) is 15.3. The molecule has 2 rings (SSSR count). The number of benzene rings is 1. The molecule has 0 amide bonds. The third-order valence-electron chi connectivity index (χ3n) is 2.79. The summed E-state index contributed by atoms with van der Waals surface area (Å²) >= 11 is 3.38. The Morgan fingerprint density at radius 2 is 2.33 bits per heavy atom. The van der Waals surface area contributed by atoms with Gasteiger partial charge in [0.05, 0.1) is 6.20 Å². The van der Waals surface area contributed by atoms with Crippen molar-refractivity contribution in [2.75, 3.05) is 0 Å². The Morgan fingerprint density at radius 3 is 3.00 bits per heavy atom. The fourth-order valence-electron chi connectivity index (χ4n) is 1.72. The van der Waals surface area contributed by atoms with Crippen molar-refractivity contribution in [1.82, 2.24) is 9.78 Å². The van der Waals surface area contributed by atoms with Crippen LogP contribution >= 0.6 is 15.9 Å². The van der Waals surface area contributed by atoms with Crippen LogP contribution in [0, 0.1) is 0 Å². The van der Waals surface area contributed by atoms with Crippen molar-refractivity contribution in [2.24, 2.45) is 0 Å². The molecule has 110 valence electrons. The number of nitrogens with zero attached hydrogens (tertiary/aromatic N) is 2. The molecule has 0 aliphatic carbocycles. The number of hydrogen-bond donors (Lipinski definition) is 1. The van der Waals surface area contributed by atoms with E-state index in [0.29, 0.717) is 12.4 Å². The summed E-state index contributed by atoms with van der Waals surface area (Å²) in [5.41, 5.74) is 1.74. The maximum Gasteiger partial charge on any atom is 0.328 e. The summed E-state index contributed by atoms with van der Waals surface area (Å²) in [7, 11) is 0. The Bertz CT molecular complexity index is 665. The molecule has 1 aromatic heterocycles. The second-order valence-corrected chi connectivity index (χ2v) is 5.20. The van der Waals surface area contributed by atoms with Gasteiger partial charge < -0.3 is 9.84 Å². The third-order valence-corrected chi connectivity index (χ3v) is 3.51. The summed E-state index contributed by atoms with van der Waals surface area (Å²) < 4.78 is 8.34. The molecule has 0 aliphatic heterocycles. The number of halogens is 1. The van der Waals surface area contributed by atoms with Gasteiger partial charge in [0.1, 0.15) is 12.4 Å². The average molecular weight is 351 g/mol. The molecule has 1 heterocycles. The molecule has 1 aromatic carbocycles. The molecule has 0 atom stereocenters. The average Bonchev–Trinajstić information content (AvgIpc) is 2.93. The van der Waals surface area contributed by atoms with Crippen LogP contribution in [0.3, 0.4) is 0 Å². The molecular formula is C15H15BrN2O3. The summed E-state index contributed by atoms with van der Waals surface area (Å²) in [5.74, 6) is -0.312. The zero-order chi connectivity index (χ0) is 15.2. The van der Waals surface area contributed by atoms with Crippen molar-refractivity contribution in [3.05, 3.63) is 52.3 Å². The quantitative estimate of drug-likeness (QED) is 0.811. The molecule has 1 N–H and O–H groups in total. The van der Waals surface area contributed by atoms with Crippen LogP contribution in [0.1, 0.15) is 18.1 Å². The number of aliphatic carboxylic acids is 1. The summed E-state index contributed by atoms with van der Waals surface area (Å²) in [4.78, 5) is 10.6. The lowest BCUT2D eigenvalue weighted by molar-refractivity contribution is -0.131. The minimum absolute atomic E-state index is 0.420. The molecule has 21 heavy (non-hydrogen) atoms. The predicted molar refractivity (Wildman–Crippen MR) is 83.0 cm³/mol. The van der Waals surface area contributed by atoms with E-state index in [4.69, 9.17) is 9.84 Å². The lowest BCUT2D eigenvalue weighted by Crippen LogP contribution is -1.96. The number of aryl methyl sites for hydroxylation is 1. The highest BCUT2D eigenvalue weighted by molar-refractivity contribution is 9.10. The van der Waals surface area contributed by atoms with Gasteiger partial charge in [-0.2, -0.15) is 5.10 Å². The topological polar surface area (TPSA) is 64.3 Å². The highest BCUT2D eigenvalue weighted by atomic mass is 79.9. The van der Waals surface area contributed by atoms with Crippen LogP contribution in [-0.4, -0.2) is 20.9 Å². The maximum atomic E-state index is 10.6. The van der Waals surface area contributed by atoms with E-state index in [9.17, 15) is 4.79 Å². The summed E-state index contributed by atoms with van der Waals surface area (Å²) in [6.07, 6.45) is 6.32. The van der Waals surface area contributed by atoms with Gasteiger partial charge in [-0.1, -0.05) is 15.9 Å². The van der Waals surface area contributed by atoms with Crippen LogP contribution in [0.15, 0.2) is 41.1 Å². The van der Waals surface area contributed by atoms with Gasteiger partial charge in [-0.3, -0.25) is 4.68 Å². The number of hydrogen-bond acceptors (Lipinski definition) is 3. The van der Waals surface area contributed by atoms with Gasteiger partial charge in [0.15, 0.2) is 0 Å². The lowest BCUT2D eigenvalue weighted by atomic mass is 10.2. The van der Waals surface area contributed by atoms with Crippen molar-refractivity contribution in [2.45, 2.75) is 20.1 Å². The standard InChI is InChI=1S/C15H15BrN2O3/c1-2-18-9-11(8-17-18)10-21-13-4-5-14(16)12(7-13)3-6-15(19)20/h3-9H,2,10H2,1H3,(H,19,20)/b6-3+. The largest absolute Gasteiger partial charge is 0.489 e. The van der Waals surface area contributed by atoms with Crippen molar-refractivity contribution >= 4 is 28.0 Å². The first-order valence-electron chi connectivity index (χ1n) is 6.43. The number of aromatic nitrogens is 2. The SMILES string of the molecule is CCn1cc(COc2ccc(Br)c(/C=C/C(=O)O)c2)cn1. The molecule has 0 radical (unpaired) electrons. The van der Waals surface area contributed by atoms with E-state index in [2.05, 4.69) is 21.0 Å². The Hall–Kier alpha value is -2.08. The Kier molecular flexibility index (Phi) is 5.16. The highest BCUT2D eigenvalue weighted by Crippen LogP contribution is 2.24. The molecule has 0 aliphatic rings. The second kappa shape index (κ2) is 7.08. The number of ether oxygens (including phenoxy) is 1. The molecule has 0 spiro atoms. The smallest absolute Gasteiger partial charge is 0.328 e. The van der Waals surface area contributed by atoms with E-state index >= 15 is 0 Å². The van der Waals surface area contributed by atoms with Crippen LogP contribution in [0.25, 0.3) is 6.08 Å². The van der Waals surface area contributed by atoms with Crippen molar-refractivity contribution in [3.8, 4) is 5.75 Å². The molecule has 0 fully saturated rings. The van der Waals surface area contributed by atoms with Gasteiger partial charge in [0.25, 0.3) is 0 Å². The third kappa shape index (κ3) is 4.46. The highest BCUT2D eigenvalue weighted by Gasteiger charge is 2.03. The van der Waals surface area contributed by atoms with Crippen LogP contribution in [0.4, 0.5) is 0 Å². The van der Waals surface area contributed by atoms with E-state index < -0.39 is 5.97 Å². The van der Waals surface area contributed by atoms with Crippen LogP contribution in [0.5, 0.6) is 5.75 Å². The van der Waals surface area contributed by atoms with Gasteiger partial charge in [0, 0.05) is 28.9 Å². The van der Waals surface area contributed by atoms with Gasteiger partial charge in [-0.15, -0.1) is 0 Å². The normalized spacial score (nSPS) is 11.0. The Labute approximate surface area is 131 Å². The van der Waals surface area contributed by atoms with Crippen LogP contribution in [-0.2, 0) is 17.9 Å².